The van der Waals surface area contributed by atoms with E-state index < -0.39 is 0 Å². The highest BCUT2D eigenvalue weighted by Gasteiger charge is 2.31. The van der Waals surface area contributed by atoms with Gasteiger partial charge in [-0.2, -0.15) is 0 Å². The van der Waals surface area contributed by atoms with Crippen molar-refractivity contribution in [2.45, 2.75) is 25.3 Å². The smallest absolute Gasteiger partial charge is 0.321 e. The van der Waals surface area contributed by atoms with Crippen LogP contribution >= 0.6 is 12.4 Å². The van der Waals surface area contributed by atoms with Gasteiger partial charge in [0.25, 0.3) is 0 Å². The van der Waals surface area contributed by atoms with Gasteiger partial charge in [-0.1, -0.05) is 42.5 Å². The van der Waals surface area contributed by atoms with E-state index in [0.717, 1.165) is 32.5 Å². The Labute approximate surface area is 149 Å². The zero-order valence-corrected chi connectivity index (χ0v) is 14.5. The molecule has 3 amide bonds. The molecule has 3 rings (SSSR count). The topological polar surface area (TPSA) is 52.7 Å². The highest BCUT2D eigenvalue weighted by molar-refractivity contribution is 5.96. The molecule has 6 heteroatoms. The molecule has 0 aliphatic carbocycles. The van der Waals surface area contributed by atoms with Crippen molar-refractivity contribution < 1.29 is 9.59 Å². The van der Waals surface area contributed by atoms with Crippen molar-refractivity contribution in [3.8, 4) is 0 Å². The predicted octanol–water partition coefficient (Wildman–Crippen LogP) is 2.53. The van der Waals surface area contributed by atoms with Crippen molar-refractivity contribution in [2.75, 3.05) is 26.2 Å². The molecule has 0 radical (unpaired) electrons. The molecule has 1 N–H and O–H groups in total. The molecule has 24 heavy (non-hydrogen) atoms. The second-order valence-electron chi connectivity index (χ2n) is 6.14. The van der Waals surface area contributed by atoms with E-state index in [4.69, 9.17) is 0 Å². The maximum atomic E-state index is 11.9. The van der Waals surface area contributed by atoms with Crippen molar-refractivity contribution >= 4 is 30.4 Å². The first-order valence-electron chi connectivity index (χ1n) is 8.27. The van der Waals surface area contributed by atoms with Crippen LogP contribution < -0.4 is 5.32 Å². The minimum Gasteiger partial charge on any atom is -0.321 e. The number of urea groups is 1. The standard InChI is InChI=1S/C18H23N3O2.ClH/c22-17-10-14-21(18(23)19-17)16-8-12-20(13-9-16)11-4-7-15-5-2-1-3-6-15;/h1-7,16H,8-14H2,(H,19,22,23);1H/b7-4-;. The number of carbonyl (C=O) groups is 2. The molecule has 2 aliphatic heterocycles. The second kappa shape index (κ2) is 8.85. The largest absolute Gasteiger partial charge is 0.324 e. The molecule has 2 saturated heterocycles. The summed E-state index contributed by atoms with van der Waals surface area (Å²) in [5.41, 5.74) is 1.22. The van der Waals surface area contributed by atoms with Gasteiger partial charge in [-0.3, -0.25) is 15.0 Å². The van der Waals surface area contributed by atoms with Crippen molar-refractivity contribution in [3.05, 3.63) is 42.0 Å². The number of amides is 3. The summed E-state index contributed by atoms with van der Waals surface area (Å²) in [6, 6.07) is 10.3. The summed E-state index contributed by atoms with van der Waals surface area (Å²) in [5, 5.41) is 2.41. The molecule has 0 atom stereocenters. The maximum absolute atomic E-state index is 11.9. The number of imide groups is 1. The molecule has 130 valence electrons. The molecule has 0 saturated carbocycles. The lowest BCUT2D eigenvalue weighted by molar-refractivity contribution is -0.121. The Morgan fingerprint density at radius 2 is 1.79 bits per heavy atom. The van der Waals surface area contributed by atoms with Crippen LogP contribution in [0.4, 0.5) is 4.79 Å². The molecular formula is C18H24ClN3O2. The van der Waals surface area contributed by atoms with Gasteiger partial charge in [0.1, 0.15) is 0 Å². The predicted molar refractivity (Wildman–Crippen MR) is 97.0 cm³/mol. The van der Waals surface area contributed by atoms with E-state index in [-0.39, 0.29) is 30.4 Å². The Balaban J connectivity index is 0.00000208. The van der Waals surface area contributed by atoms with Crippen LogP contribution in [-0.2, 0) is 4.79 Å². The maximum Gasteiger partial charge on any atom is 0.324 e. The van der Waals surface area contributed by atoms with Gasteiger partial charge in [0, 0.05) is 38.6 Å². The van der Waals surface area contributed by atoms with Gasteiger partial charge in [-0.05, 0) is 18.4 Å². The number of nitrogens with one attached hydrogen (secondary N) is 1. The molecular weight excluding hydrogens is 326 g/mol. The van der Waals surface area contributed by atoms with Crippen LogP contribution in [-0.4, -0.2) is 54.0 Å². The molecule has 2 aliphatic rings. The molecule has 0 unspecified atom stereocenters. The van der Waals surface area contributed by atoms with E-state index >= 15 is 0 Å². The Bertz CT molecular complexity index is 583. The average Bonchev–Trinajstić information content (AvgIpc) is 2.57. The van der Waals surface area contributed by atoms with Crippen LogP contribution in [0, 0.1) is 0 Å². The molecule has 5 nitrogen and oxygen atoms in total. The summed E-state index contributed by atoms with van der Waals surface area (Å²) in [6.07, 6.45) is 6.71. The molecule has 1 aromatic rings. The third-order valence-electron chi connectivity index (χ3n) is 4.56. The fourth-order valence-electron chi connectivity index (χ4n) is 3.24. The molecule has 1 aromatic carbocycles. The van der Waals surface area contributed by atoms with Crippen LogP contribution in [0.15, 0.2) is 36.4 Å². The molecule has 0 bridgehead atoms. The fraction of sp³-hybridized carbons (Fsp3) is 0.444. The van der Waals surface area contributed by atoms with Crippen molar-refractivity contribution in [1.29, 1.82) is 0 Å². The van der Waals surface area contributed by atoms with Gasteiger partial charge < -0.3 is 4.90 Å². The average molecular weight is 350 g/mol. The third-order valence-corrected chi connectivity index (χ3v) is 4.56. The SMILES string of the molecule is Cl.O=C1CCN(C2CCN(C/C=C\c3ccccc3)CC2)C(=O)N1. The highest BCUT2D eigenvalue weighted by atomic mass is 35.5. The first-order valence-corrected chi connectivity index (χ1v) is 8.27. The van der Waals surface area contributed by atoms with Gasteiger partial charge in [-0.25, -0.2) is 4.79 Å². The van der Waals surface area contributed by atoms with E-state index in [9.17, 15) is 9.59 Å². The number of hydrogen-bond acceptors (Lipinski definition) is 3. The minimum atomic E-state index is -0.219. The lowest BCUT2D eigenvalue weighted by Gasteiger charge is -2.39. The minimum absolute atomic E-state index is 0. The van der Waals surface area contributed by atoms with Crippen molar-refractivity contribution in [3.63, 3.8) is 0 Å². The van der Waals surface area contributed by atoms with Gasteiger partial charge in [0.2, 0.25) is 5.91 Å². The van der Waals surface area contributed by atoms with E-state index in [1.807, 2.05) is 23.1 Å². The molecule has 0 spiro atoms. The Morgan fingerprint density at radius 1 is 1.08 bits per heavy atom. The summed E-state index contributed by atoms with van der Waals surface area (Å²) in [4.78, 5) is 27.3. The number of halogens is 1. The summed E-state index contributed by atoms with van der Waals surface area (Å²) in [5.74, 6) is -0.158. The summed E-state index contributed by atoms with van der Waals surface area (Å²) < 4.78 is 0. The van der Waals surface area contributed by atoms with Gasteiger partial charge in [0.05, 0.1) is 0 Å². The van der Waals surface area contributed by atoms with Crippen molar-refractivity contribution in [1.82, 2.24) is 15.1 Å². The Kier molecular flexibility index (Phi) is 6.82. The summed E-state index contributed by atoms with van der Waals surface area (Å²) >= 11 is 0. The molecule has 0 aromatic heterocycles. The van der Waals surface area contributed by atoms with E-state index in [1.165, 1.54) is 5.56 Å². The second-order valence-corrected chi connectivity index (χ2v) is 6.14. The lowest BCUT2D eigenvalue weighted by atomic mass is 10.0. The van der Waals surface area contributed by atoms with Crippen LogP contribution in [0.3, 0.4) is 0 Å². The zero-order valence-electron chi connectivity index (χ0n) is 13.7. The summed E-state index contributed by atoms with van der Waals surface area (Å²) in [6.45, 7) is 3.47. The zero-order chi connectivity index (χ0) is 16.1. The summed E-state index contributed by atoms with van der Waals surface area (Å²) in [7, 11) is 0. The quantitative estimate of drug-likeness (QED) is 0.908. The Hall–Kier alpha value is -1.85. The van der Waals surface area contributed by atoms with Gasteiger partial charge in [-0.15, -0.1) is 12.4 Å². The van der Waals surface area contributed by atoms with Crippen molar-refractivity contribution in [2.24, 2.45) is 0 Å². The lowest BCUT2D eigenvalue weighted by Crippen LogP contribution is -2.55. The number of rotatable bonds is 4. The fourth-order valence-corrected chi connectivity index (χ4v) is 3.24. The number of piperidine rings is 1. The van der Waals surface area contributed by atoms with E-state index in [2.05, 4.69) is 34.5 Å². The van der Waals surface area contributed by atoms with E-state index in [0.29, 0.717) is 13.0 Å². The van der Waals surface area contributed by atoms with Crippen LogP contribution in [0.25, 0.3) is 6.08 Å². The number of likely N-dealkylation sites (tertiary alicyclic amines) is 1. The highest BCUT2D eigenvalue weighted by Crippen LogP contribution is 2.18. The number of carbonyl (C=O) groups excluding carboxylic acids is 2. The van der Waals surface area contributed by atoms with Crippen LogP contribution in [0.5, 0.6) is 0 Å². The molecule has 2 fully saturated rings. The first kappa shape index (κ1) is 18.5. The van der Waals surface area contributed by atoms with E-state index in [1.54, 1.807) is 0 Å². The first-order chi connectivity index (χ1) is 11.2. The Morgan fingerprint density at radius 3 is 2.46 bits per heavy atom. The van der Waals surface area contributed by atoms with Crippen LogP contribution in [0.2, 0.25) is 0 Å². The van der Waals surface area contributed by atoms with Crippen LogP contribution in [0.1, 0.15) is 24.8 Å². The normalized spacial score (nSPS) is 20.1. The third kappa shape index (κ3) is 4.82. The number of hydrogen-bond donors (Lipinski definition) is 1. The number of benzene rings is 1. The number of nitrogens with zero attached hydrogens (tertiary/aromatic N) is 2. The molecule has 2 heterocycles. The monoisotopic (exact) mass is 349 g/mol. The van der Waals surface area contributed by atoms with Gasteiger partial charge in [0.15, 0.2) is 0 Å². The van der Waals surface area contributed by atoms with Gasteiger partial charge >= 0.3 is 6.03 Å².